The first-order valence-corrected chi connectivity index (χ1v) is 7.85. The van der Waals surface area contributed by atoms with Gasteiger partial charge in [-0.25, -0.2) is 0 Å². The van der Waals surface area contributed by atoms with Crippen molar-refractivity contribution >= 4 is 22.8 Å². The molecule has 18 heavy (non-hydrogen) atoms. The third-order valence-corrected chi connectivity index (χ3v) is 6.61. The molecule has 1 atom stereocenters. The van der Waals surface area contributed by atoms with Crippen LogP contribution in [0.4, 0.5) is 0 Å². The Morgan fingerprint density at radius 3 is 2.50 bits per heavy atom. The number of nitrogens with one attached hydrogen (secondary N) is 1. The van der Waals surface area contributed by atoms with Gasteiger partial charge in [0.25, 0.3) is 5.91 Å². The number of rotatable bonds is 2. The number of hydrogen-bond donors (Lipinski definition) is 1. The van der Waals surface area contributed by atoms with E-state index in [0.29, 0.717) is 5.92 Å². The maximum atomic E-state index is 12.1. The molecule has 3 nitrogen and oxygen atoms in total. The third-order valence-electron chi connectivity index (χ3n) is 5.15. The van der Waals surface area contributed by atoms with Crippen LogP contribution in [0.3, 0.4) is 0 Å². The highest BCUT2D eigenvalue weighted by Crippen LogP contribution is 2.49. The quantitative estimate of drug-likeness (QED) is 0.835. The average Bonchev–Trinajstić information content (AvgIpc) is 2.94. The Bertz CT molecular complexity index is 410. The first kappa shape index (κ1) is 12.5. The summed E-state index contributed by atoms with van der Waals surface area (Å²) in [7, 11) is 0. The second-order valence-corrected chi connectivity index (χ2v) is 8.08. The second-order valence-electron chi connectivity index (χ2n) is 6.64. The lowest BCUT2D eigenvalue weighted by Gasteiger charge is -2.30. The van der Waals surface area contributed by atoms with Crippen LogP contribution in [0.2, 0.25) is 0 Å². The lowest BCUT2D eigenvalue weighted by atomic mass is 9.94. The molecule has 1 aliphatic heterocycles. The molecule has 1 amide bonds. The molecule has 3 aliphatic rings. The SMILES string of the molecule is CC(C)C1(C)SC(NC23CCC(CC2)C3)=NC1=O. The number of nitrogens with zero attached hydrogens (tertiary/aromatic N) is 1. The molecule has 0 saturated heterocycles. The Balaban J connectivity index is 1.72. The van der Waals surface area contributed by atoms with E-state index in [-0.39, 0.29) is 16.2 Å². The Kier molecular flexibility index (Phi) is 2.78. The van der Waals surface area contributed by atoms with E-state index in [4.69, 9.17) is 0 Å². The van der Waals surface area contributed by atoms with E-state index >= 15 is 0 Å². The number of hydrogen-bond acceptors (Lipinski definition) is 3. The Labute approximate surface area is 113 Å². The summed E-state index contributed by atoms with van der Waals surface area (Å²) in [5, 5.41) is 4.49. The summed E-state index contributed by atoms with van der Waals surface area (Å²) in [5.74, 6) is 1.26. The maximum Gasteiger partial charge on any atom is 0.264 e. The van der Waals surface area contributed by atoms with Crippen molar-refractivity contribution in [2.45, 2.75) is 63.2 Å². The fraction of sp³-hybridized carbons (Fsp3) is 0.857. The minimum absolute atomic E-state index is 0.0361. The second kappa shape index (κ2) is 3.99. The highest BCUT2D eigenvalue weighted by Gasteiger charge is 2.49. The minimum atomic E-state index is -0.365. The van der Waals surface area contributed by atoms with Crippen LogP contribution in [0.15, 0.2) is 4.99 Å². The van der Waals surface area contributed by atoms with Crippen LogP contribution >= 0.6 is 11.8 Å². The molecular weight excluding hydrogens is 244 g/mol. The molecule has 1 heterocycles. The Hall–Kier alpha value is -0.510. The van der Waals surface area contributed by atoms with E-state index < -0.39 is 0 Å². The lowest BCUT2D eigenvalue weighted by molar-refractivity contribution is -0.120. The van der Waals surface area contributed by atoms with Crippen molar-refractivity contribution in [2.24, 2.45) is 16.8 Å². The summed E-state index contributed by atoms with van der Waals surface area (Å²) in [6.45, 7) is 6.22. The van der Waals surface area contributed by atoms with Crippen molar-refractivity contribution in [2.75, 3.05) is 0 Å². The first-order valence-electron chi connectivity index (χ1n) is 7.04. The summed E-state index contributed by atoms with van der Waals surface area (Å²) in [6.07, 6.45) is 6.48. The van der Waals surface area contributed by atoms with E-state index in [1.54, 1.807) is 11.8 Å². The molecule has 3 rings (SSSR count). The summed E-state index contributed by atoms with van der Waals surface area (Å²) in [5.41, 5.74) is 0.263. The van der Waals surface area contributed by atoms with Gasteiger partial charge in [-0.2, -0.15) is 4.99 Å². The van der Waals surface area contributed by atoms with Crippen LogP contribution in [0.5, 0.6) is 0 Å². The molecule has 1 unspecified atom stereocenters. The van der Waals surface area contributed by atoms with Crippen LogP contribution in [-0.4, -0.2) is 21.4 Å². The van der Waals surface area contributed by atoms with Gasteiger partial charge in [-0.15, -0.1) is 0 Å². The predicted octanol–water partition coefficient (Wildman–Crippen LogP) is 2.95. The van der Waals surface area contributed by atoms with Crippen molar-refractivity contribution < 1.29 is 4.79 Å². The number of carbonyl (C=O) groups excluding carboxylic acids is 1. The molecule has 2 aliphatic carbocycles. The molecule has 0 spiro atoms. The number of thioether (sulfide) groups is 1. The molecule has 2 bridgehead atoms. The smallest absolute Gasteiger partial charge is 0.264 e. The zero-order valence-electron chi connectivity index (χ0n) is 11.5. The summed E-state index contributed by atoms with van der Waals surface area (Å²) in [6, 6.07) is 0. The molecule has 0 aromatic carbocycles. The van der Waals surface area contributed by atoms with Gasteiger partial charge in [0.05, 0.1) is 0 Å². The van der Waals surface area contributed by atoms with Gasteiger partial charge in [-0.1, -0.05) is 25.6 Å². The molecule has 0 aromatic rings. The van der Waals surface area contributed by atoms with Gasteiger partial charge in [0, 0.05) is 5.54 Å². The molecule has 1 N–H and O–H groups in total. The molecule has 100 valence electrons. The molecule has 4 heteroatoms. The van der Waals surface area contributed by atoms with E-state index in [1.807, 2.05) is 6.92 Å². The fourth-order valence-corrected chi connectivity index (χ4v) is 4.65. The highest BCUT2D eigenvalue weighted by molar-refractivity contribution is 8.16. The highest BCUT2D eigenvalue weighted by atomic mass is 32.2. The van der Waals surface area contributed by atoms with Gasteiger partial charge >= 0.3 is 0 Å². The summed E-state index contributed by atoms with van der Waals surface area (Å²) >= 11 is 1.64. The van der Waals surface area contributed by atoms with Crippen molar-refractivity contribution in [3.8, 4) is 0 Å². The third kappa shape index (κ3) is 1.80. The van der Waals surface area contributed by atoms with Crippen molar-refractivity contribution in [1.29, 1.82) is 0 Å². The molecular formula is C14H22N2OS. The van der Waals surface area contributed by atoms with Crippen LogP contribution in [-0.2, 0) is 4.79 Å². The largest absolute Gasteiger partial charge is 0.359 e. The standard InChI is InChI=1S/C14H22N2OS/c1-9(2)13(3)11(17)15-12(18-13)16-14-6-4-10(8-14)5-7-14/h9-10H,4-8H2,1-3H3,(H,15,16,17). The molecule has 2 saturated carbocycles. The van der Waals surface area contributed by atoms with Crippen LogP contribution in [0.25, 0.3) is 0 Å². The maximum absolute atomic E-state index is 12.1. The fourth-order valence-electron chi connectivity index (χ4n) is 3.48. The number of amidine groups is 1. The van der Waals surface area contributed by atoms with E-state index in [1.165, 1.54) is 32.1 Å². The summed E-state index contributed by atoms with van der Waals surface area (Å²) in [4.78, 5) is 16.3. The minimum Gasteiger partial charge on any atom is -0.359 e. The van der Waals surface area contributed by atoms with E-state index in [9.17, 15) is 4.79 Å². The molecule has 0 aromatic heterocycles. The summed E-state index contributed by atoms with van der Waals surface area (Å²) < 4.78 is -0.365. The van der Waals surface area contributed by atoms with E-state index in [2.05, 4.69) is 24.2 Å². The van der Waals surface area contributed by atoms with E-state index in [0.717, 1.165) is 11.1 Å². The zero-order chi connectivity index (χ0) is 13.0. The van der Waals surface area contributed by atoms with Gasteiger partial charge in [-0.3, -0.25) is 4.79 Å². The Morgan fingerprint density at radius 2 is 2.06 bits per heavy atom. The van der Waals surface area contributed by atoms with Crippen molar-refractivity contribution in [3.05, 3.63) is 0 Å². The number of carbonyl (C=O) groups is 1. The van der Waals surface area contributed by atoms with Gasteiger partial charge in [-0.05, 0) is 50.9 Å². The number of aliphatic imine (C=N–C) groups is 1. The van der Waals surface area contributed by atoms with Crippen LogP contribution in [0, 0.1) is 11.8 Å². The van der Waals surface area contributed by atoms with Gasteiger partial charge in [0.1, 0.15) is 4.75 Å². The van der Waals surface area contributed by atoms with Crippen molar-refractivity contribution in [3.63, 3.8) is 0 Å². The van der Waals surface area contributed by atoms with Crippen LogP contribution < -0.4 is 5.32 Å². The zero-order valence-corrected chi connectivity index (χ0v) is 12.3. The van der Waals surface area contributed by atoms with Crippen molar-refractivity contribution in [1.82, 2.24) is 5.32 Å². The Morgan fingerprint density at radius 1 is 1.39 bits per heavy atom. The van der Waals surface area contributed by atoms with Crippen LogP contribution in [0.1, 0.15) is 52.9 Å². The van der Waals surface area contributed by atoms with Gasteiger partial charge in [0.2, 0.25) is 0 Å². The monoisotopic (exact) mass is 266 g/mol. The number of amides is 1. The molecule has 2 fully saturated rings. The number of fused-ring (bicyclic) bond motifs is 2. The van der Waals surface area contributed by atoms with Gasteiger partial charge in [0.15, 0.2) is 5.17 Å². The lowest BCUT2D eigenvalue weighted by Crippen LogP contribution is -2.44. The first-order chi connectivity index (χ1) is 8.43. The molecule has 0 radical (unpaired) electrons. The average molecular weight is 266 g/mol. The normalized spacial score (nSPS) is 42.8. The predicted molar refractivity (Wildman–Crippen MR) is 75.7 cm³/mol. The van der Waals surface area contributed by atoms with Gasteiger partial charge < -0.3 is 5.32 Å². The topological polar surface area (TPSA) is 41.5 Å².